The zero-order valence-corrected chi connectivity index (χ0v) is 7.96. The lowest BCUT2D eigenvalue weighted by molar-refractivity contribution is -0.0516. The Morgan fingerprint density at radius 1 is 1.43 bits per heavy atom. The van der Waals surface area contributed by atoms with Gasteiger partial charge in [0.15, 0.2) is 0 Å². The SMILES string of the molecule is CC(C)C(F)(F)c1cncc(C#N)c1. The van der Waals surface area contributed by atoms with Crippen molar-refractivity contribution in [1.29, 1.82) is 5.26 Å². The minimum absolute atomic E-state index is 0.155. The molecule has 0 radical (unpaired) electrons. The molecule has 0 aliphatic carbocycles. The van der Waals surface area contributed by atoms with Gasteiger partial charge in [0.1, 0.15) is 6.07 Å². The van der Waals surface area contributed by atoms with E-state index in [9.17, 15) is 8.78 Å². The van der Waals surface area contributed by atoms with Crippen molar-refractivity contribution in [1.82, 2.24) is 4.98 Å². The van der Waals surface area contributed by atoms with E-state index in [4.69, 9.17) is 5.26 Å². The molecule has 14 heavy (non-hydrogen) atoms. The highest BCUT2D eigenvalue weighted by molar-refractivity contribution is 5.31. The lowest BCUT2D eigenvalue weighted by Crippen LogP contribution is -2.21. The Bertz CT molecular complexity index is 367. The highest BCUT2D eigenvalue weighted by Crippen LogP contribution is 2.35. The second-order valence-corrected chi connectivity index (χ2v) is 3.35. The van der Waals surface area contributed by atoms with Crippen molar-refractivity contribution in [3.63, 3.8) is 0 Å². The minimum Gasteiger partial charge on any atom is -0.263 e. The summed E-state index contributed by atoms with van der Waals surface area (Å²) < 4.78 is 26.9. The van der Waals surface area contributed by atoms with Crippen LogP contribution in [0.25, 0.3) is 0 Å². The third-order valence-electron chi connectivity index (χ3n) is 1.98. The normalized spacial score (nSPS) is 11.4. The summed E-state index contributed by atoms with van der Waals surface area (Å²) in [7, 11) is 0. The fraction of sp³-hybridized carbons (Fsp3) is 0.400. The maximum absolute atomic E-state index is 13.4. The van der Waals surface area contributed by atoms with E-state index < -0.39 is 11.8 Å². The van der Waals surface area contributed by atoms with Gasteiger partial charge in [-0.3, -0.25) is 4.98 Å². The van der Waals surface area contributed by atoms with Crippen LogP contribution in [0.15, 0.2) is 18.5 Å². The fourth-order valence-electron chi connectivity index (χ4n) is 1.02. The Balaban J connectivity index is 3.14. The first-order valence-electron chi connectivity index (χ1n) is 4.22. The average molecular weight is 196 g/mol. The van der Waals surface area contributed by atoms with Crippen LogP contribution < -0.4 is 0 Å². The summed E-state index contributed by atoms with van der Waals surface area (Å²) in [6.45, 7) is 2.86. The molecule has 0 aliphatic heterocycles. The van der Waals surface area contributed by atoms with Crippen molar-refractivity contribution in [3.05, 3.63) is 29.6 Å². The van der Waals surface area contributed by atoms with E-state index in [0.717, 1.165) is 6.20 Å². The summed E-state index contributed by atoms with van der Waals surface area (Å²) in [5.41, 5.74) is -0.0469. The number of nitrogens with zero attached hydrogens (tertiary/aromatic N) is 2. The van der Waals surface area contributed by atoms with Crippen LogP contribution >= 0.6 is 0 Å². The Kier molecular flexibility index (Phi) is 2.80. The standard InChI is InChI=1S/C10H10F2N2/c1-7(2)10(11,12)9-3-8(4-13)5-14-6-9/h3,5-7H,1-2H3. The molecule has 1 rings (SSSR count). The molecular weight excluding hydrogens is 186 g/mol. The lowest BCUT2D eigenvalue weighted by atomic mass is 9.98. The molecule has 1 heterocycles. The van der Waals surface area contributed by atoms with Crippen LogP contribution in [-0.2, 0) is 5.92 Å². The summed E-state index contributed by atoms with van der Waals surface area (Å²) in [4.78, 5) is 3.60. The van der Waals surface area contributed by atoms with Crippen LogP contribution in [0.1, 0.15) is 25.0 Å². The topological polar surface area (TPSA) is 36.7 Å². The molecule has 0 saturated heterocycles. The van der Waals surface area contributed by atoms with Gasteiger partial charge in [-0.25, -0.2) is 8.78 Å². The lowest BCUT2D eigenvalue weighted by Gasteiger charge is -2.20. The van der Waals surface area contributed by atoms with E-state index in [1.807, 2.05) is 0 Å². The van der Waals surface area contributed by atoms with Crippen molar-refractivity contribution < 1.29 is 8.78 Å². The molecule has 0 bridgehead atoms. The summed E-state index contributed by atoms with van der Waals surface area (Å²) in [5, 5.41) is 8.53. The molecule has 0 saturated carbocycles. The predicted molar refractivity (Wildman–Crippen MR) is 47.7 cm³/mol. The van der Waals surface area contributed by atoms with Gasteiger partial charge in [-0.05, 0) is 6.07 Å². The number of aromatic nitrogens is 1. The van der Waals surface area contributed by atoms with E-state index >= 15 is 0 Å². The van der Waals surface area contributed by atoms with E-state index in [-0.39, 0.29) is 11.1 Å². The molecule has 0 aliphatic rings. The monoisotopic (exact) mass is 196 g/mol. The second kappa shape index (κ2) is 3.70. The van der Waals surface area contributed by atoms with Gasteiger partial charge in [0.2, 0.25) is 0 Å². The van der Waals surface area contributed by atoms with Crippen molar-refractivity contribution in [2.24, 2.45) is 5.92 Å². The van der Waals surface area contributed by atoms with Crippen molar-refractivity contribution in [2.45, 2.75) is 19.8 Å². The van der Waals surface area contributed by atoms with E-state index in [2.05, 4.69) is 4.98 Å². The first-order valence-corrected chi connectivity index (χ1v) is 4.22. The Hall–Kier alpha value is -1.50. The van der Waals surface area contributed by atoms with Crippen molar-refractivity contribution >= 4 is 0 Å². The van der Waals surface area contributed by atoms with Crippen LogP contribution in [0.2, 0.25) is 0 Å². The second-order valence-electron chi connectivity index (χ2n) is 3.35. The van der Waals surface area contributed by atoms with Crippen LogP contribution in [0.4, 0.5) is 8.78 Å². The summed E-state index contributed by atoms with van der Waals surface area (Å²) in [5.74, 6) is -3.74. The summed E-state index contributed by atoms with van der Waals surface area (Å²) in [6.07, 6.45) is 2.36. The van der Waals surface area contributed by atoms with Crippen molar-refractivity contribution in [3.8, 4) is 6.07 Å². The zero-order valence-electron chi connectivity index (χ0n) is 7.96. The quantitative estimate of drug-likeness (QED) is 0.729. The van der Waals surface area contributed by atoms with Crippen molar-refractivity contribution in [2.75, 3.05) is 0 Å². The highest BCUT2D eigenvalue weighted by atomic mass is 19.3. The Labute approximate surface area is 81.2 Å². The predicted octanol–water partition coefficient (Wildman–Crippen LogP) is 2.70. The van der Waals surface area contributed by atoms with Crippen LogP contribution in [0, 0.1) is 17.2 Å². The van der Waals surface area contributed by atoms with E-state index in [1.165, 1.54) is 26.1 Å². The smallest absolute Gasteiger partial charge is 0.263 e. The molecule has 1 aromatic heterocycles. The van der Waals surface area contributed by atoms with Crippen LogP contribution in [0.3, 0.4) is 0 Å². The maximum atomic E-state index is 13.4. The molecule has 0 N–H and O–H groups in total. The molecule has 1 aromatic rings. The summed E-state index contributed by atoms with van der Waals surface area (Å²) >= 11 is 0. The van der Waals surface area contributed by atoms with Gasteiger partial charge >= 0.3 is 0 Å². The van der Waals surface area contributed by atoms with Gasteiger partial charge in [0.05, 0.1) is 5.56 Å². The van der Waals surface area contributed by atoms with Gasteiger partial charge in [0.25, 0.3) is 5.92 Å². The van der Waals surface area contributed by atoms with E-state index in [0.29, 0.717) is 0 Å². The number of nitriles is 1. The van der Waals surface area contributed by atoms with Gasteiger partial charge in [-0.1, -0.05) is 13.8 Å². The number of halogens is 2. The van der Waals surface area contributed by atoms with Crippen LogP contribution in [-0.4, -0.2) is 4.98 Å². The molecule has 2 nitrogen and oxygen atoms in total. The molecule has 0 atom stereocenters. The molecule has 0 aromatic carbocycles. The molecule has 0 amide bonds. The third-order valence-corrected chi connectivity index (χ3v) is 1.98. The Morgan fingerprint density at radius 3 is 2.57 bits per heavy atom. The fourth-order valence-corrected chi connectivity index (χ4v) is 1.02. The van der Waals surface area contributed by atoms with Gasteiger partial charge in [0, 0.05) is 23.9 Å². The number of rotatable bonds is 2. The molecule has 74 valence electrons. The number of pyridine rings is 1. The Morgan fingerprint density at radius 2 is 2.07 bits per heavy atom. The third kappa shape index (κ3) is 1.87. The van der Waals surface area contributed by atoms with Gasteiger partial charge < -0.3 is 0 Å². The van der Waals surface area contributed by atoms with E-state index in [1.54, 1.807) is 6.07 Å². The first-order chi connectivity index (χ1) is 6.48. The number of alkyl halides is 2. The molecule has 0 unspecified atom stereocenters. The molecule has 4 heteroatoms. The zero-order chi connectivity index (χ0) is 10.8. The van der Waals surface area contributed by atoms with Gasteiger partial charge in [-0.15, -0.1) is 0 Å². The average Bonchev–Trinajstić information content (AvgIpc) is 2.17. The highest BCUT2D eigenvalue weighted by Gasteiger charge is 2.35. The molecule has 0 spiro atoms. The van der Waals surface area contributed by atoms with Crippen LogP contribution in [0.5, 0.6) is 0 Å². The maximum Gasteiger partial charge on any atom is 0.277 e. The summed E-state index contributed by atoms with van der Waals surface area (Å²) in [6, 6.07) is 2.96. The molecule has 0 fully saturated rings. The molecular formula is C10H10F2N2. The minimum atomic E-state index is -2.93. The number of hydrogen-bond acceptors (Lipinski definition) is 2. The first kappa shape index (κ1) is 10.6. The number of hydrogen-bond donors (Lipinski definition) is 0. The largest absolute Gasteiger partial charge is 0.277 e. The van der Waals surface area contributed by atoms with Gasteiger partial charge in [-0.2, -0.15) is 5.26 Å².